The van der Waals surface area contributed by atoms with Gasteiger partial charge in [0.25, 0.3) is 0 Å². The highest BCUT2D eigenvalue weighted by atomic mass is 16.4. The summed E-state index contributed by atoms with van der Waals surface area (Å²) in [4.78, 5) is 25.8. The minimum atomic E-state index is -1.08. The van der Waals surface area contributed by atoms with E-state index < -0.39 is 5.97 Å². The van der Waals surface area contributed by atoms with Gasteiger partial charge in [0.15, 0.2) is 5.65 Å². The van der Waals surface area contributed by atoms with Crippen molar-refractivity contribution in [3.63, 3.8) is 0 Å². The lowest BCUT2D eigenvalue weighted by molar-refractivity contribution is -0.104. The van der Waals surface area contributed by atoms with E-state index >= 15 is 0 Å². The molecule has 2 aromatic rings. The van der Waals surface area contributed by atoms with Gasteiger partial charge in [-0.2, -0.15) is 5.10 Å². The van der Waals surface area contributed by atoms with E-state index in [2.05, 4.69) is 10.1 Å². The maximum absolute atomic E-state index is 11.0. The van der Waals surface area contributed by atoms with Gasteiger partial charge in [-0.1, -0.05) is 0 Å². The maximum atomic E-state index is 11.0. The number of carboxylic acids is 1. The normalized spacial score (nSPS) is 11.8. The summed E-state index contributed by atoms with van der Waals surface area (Å²) in [6.45, 7) is 3.45. The Balaban J connectivity index is 2.69. The van der Waals surface area contributed by atoms with Gasteiger partial charge >= 0.3 is 5.97 Å². The number of nitrogens with zero attached hydrogens (tertiary/aromatic N) is 3. The fourth-order valence-electron chi connectivity index (χ4n) is 1.63. The van der Waals surface area contributed by atoms with Crippen LogP contribution in [0.25, 0.3) is 11.7 Å². The standard InChI is InChI=1S/C12H11N3O3/c1-7(6-16)3-9-4-8(2)15-11(14-9)10(5-13-15)12(17)18/h3-6H,1-2H3,(H,17,18). The number of fused-ring (bicyclic) bond motifs is 1. The van der Waals surface area contributed by atoms with Crippen LogP contribution in [0.2, 0.25) is 0 Å². The first-order valence-electron chi connectivity index (χ1n) is 5.25. The summed E-state index contributed by atoms with van der Waals surface area (Å²) in [5, 5.41) is 13.0. The lowest BCUT2D eigenvalue weighted by Crippen LogP contribution is -2.01. The quantitative estimate of drug-likeness (QED) is 0.651. The summed E-state index contributed by atoms with van der Waals surface area (Å²) < 4.78 is 1.46. The predicted octanol–water partition coefficient (Wildman–Crippen LogP) is 1.34. The van der Waals surface area contributed by atoms with E-state index in [9.17, 15) is 9.59 Å². The second-order valence-corrected chi connectivity index (χ2v) is 3.93. The third kappa shape index (κ3) is 2.00. The van der Waals surface area contributed by atoms with Gasteiger partial charge in [0.05, 0.1) is 11.9 Å². The van der Waals surface area contributed by atoms with Gasteiger partial charge in [0.2, 0.25) is 0 Å². The first-order valence-corrected chi connectivity index (χ1v) is 5.25. The van der Waals surface area contributed by atoms with Crippen LogP contribution in [0.5, 0.6) is 0 Å². The molecule has 0 atom stereocenters. The van der Waals surface area contributed by atoms with Crippen LogP contribution >= 0.6 is 0 Å². The van der Waals surface area contributed by atoms with Gasteiger partial charge in [-0.25, -0.2) is 14.3 Å². The van der Waals surface area contributed by atoms with E-state index in [-0.39, 0.29) is 11.2 Å². The fourth-order valence-corrected chi connectivity index (χ4v) is 1.63. The molecule has 0 unspecified atom stereocenters. The lowest BCUT2D eigenvalue weighted by atomic mass is 10.2. The number of aryl methyl sites for hydroxylation is 1. The van der Waals surface area contributed by atoms with E-state index in [1.54, 1.807) is 26.0 Å². The van der Waals surface area contributed by atoms with Crippen molar-refractivity contribution in [3.05, 3.63) is 34.8 Å². The van der Waals surface area contributed by atoms with Gasteiger partial charge in [0.1, 0.15) is 11.8 Å². The molecule has 1 N–H and O–H groups in total. The lowest BCUT2D eigenvalue weighted by Gasteiger charge is -2.01. The molecule has 0 bridgehead atoms. The van der Waals surface area contributed by atoms with Crippen molar-refractivity contribution in [2.24, 2.45) is 0 Å². The van der Waals surface area contributed by atoms with Crippen molar-refractivity contribution in [2.75, 3.05) is 0 Å². The second-order valence-electron chi connectivity index (χ2n) is 3.93. The number of hydrogen-bond donors (Lipinski definition) is 1. The van der Waals surface area contributed by atoms with E-state index in [1.165, 1.54) is 10.7 Å². The molecule has 18 heavy (non-hydrogen) atoms. The van der Waals surface area contributed by atoms with Gasteiger partial charge in [-0.05, 0) is 31.6 Å². The van der Waals surface area contributed by atoms with E-state index in [1.807, 2.05) is 0 Å². The highest BCUT2D eigenvalue weighted by molar-refractivity contribution is 5.94. The molecule has 0 spiro atoms. The zero-order chi connectivity index (χ0) is 13.3. The number of rotatable bonds is 3. The van der Waals surface area contributed by atoms with Crippen LogP contribution in [-0.2, 0) is 4.79 Å². The summed E-state index contributed by atoms with van der Waals surface area (Å²) in [5.41, 5.74) is 2.11. The zero-order valence-electron chi connectivity index (χ0n) is 9.91. The highest BCUT2D eigenvalue weighted by Gasteiger charge is 2.14. The third-order valence-corrected chi connectivity index (χ3v) is 2.46. The Kier molecular flexibility index (Phi) is 2.93. The van der Waals surface area contributed by atoms with Crippen LogP contribution < -0.4 is 0 Å². The van der Waals surface area contributed by atoms with Crippen LogP contribution in [0.1, 0.15) is 28.7 Å². The van der Waals surface area contributed by atoms with Gasteiger partial charge < -0.3 is 5.11 Å². The van der Waals surface area contributed by atoms with Gasteiger partial charge in [0, 0.05) is 5.69 Å². The maximum Gasteiger partial charge on any atom is 0.341 e. The number of carbonyl (C=O) groups excluding carboxylic acids is 1. The topological polar surface area (TPSA) is 84.6 Å². The Labute approximate surface area is 103 Å². The predicted molar refractivity (Wildman–Crippen MR) is 64.4 cm³/mol. The van der Waals surface area contributed by atoms with Crippen molar-refractivity contribution in [2.45, 2.75) is 13.8 Å². The van der Waals surface area contributed by atoms with Crippen LogP contribution in [0.15, 0.2) is 17.8 Å². The average molecular weight is 245 g/mol. The molecule has 0 aliphatic carbocycles. The molecule has 0 aliphatic rings. The van der Waals surface area contributed by atoms with Crippen molar-refractivity contribution in [3.8, 4) is 0 Å². The molecule has 0 radical (unpaired) electrons. The van der Waals surface area contributed by atoms with Crippen molar-refractivity contribution in [1.29, 1.82) is 0 Å². The zero-order valence-corrected chi connectivity index (χ0v) is 9.91. The minimum Gasteiger partial charge on any atom is -0.477 e. The molecular formula is C12H11N3O3. The molecule has 6 nitrogen and oxygen atoms in total. The van der Waals surface area contributed by atoms with Crippen LogP contribution in [-0.4, -0.2) is 32.0 Å². The summed E-state index contributed by atoms with van der Waals surface area (Å²) in [5.74, 6) is -1.08. The second kappa shape index (κ2) is 4.40. The molecule has 0 saturated carbocycles. The molecular weight excluding hydrogens is 234 g/mol. The van der Waals surface area contributed by atoms with Crippen molar-refractivity contribution < 1.29 is 14.7 Å². The molecule has 0 fully saturated rings. The highest BCUT2D eigenvalue weighted by Crippen LogP contribution is 2.13. The summed E-state index contributed by atoms with van der Waals surface area (Å²) in [6.07, 6.45) is 3.58. The number of aromatic nitrogens is 3. The van der Waals surface area contributed by atoms with Gasteiger partial charge in [-0.3, -0.25) is 4.79 Å². The Morgan fingerprint density at radius 3 is 2.83 bits per heavy atom. The minimum absolute atomic E-state index is 0.0390. The monoisotopic (exact) mass is 245 g/mol. The number of carboxylic acid groups (broad SMARTS) is 1. The van der Waals surface area contributed by atoms with Crippen molar-refractivity contribution >= 4 is 24.0 Å². The van der Waals surface area contributed by atoms with E-state index in [0.29, 0.717) is 11.3 Å². The number of carbonyl (C=O) groups is 2. The molecule has 6 heteroatoms. The molecule has 2 rings (SSSR count). The smallest absolute Gasteiger partial charge is 0.341 e. The van der Waals surface area contributed by atoms with Crippen molar-refractivity contribution in [1.82, 2.24) is 14.6 Å². The average Bonchev–Trinajstić information content (AvgIpc) is 2.73. The molecule has 0 aromatic carbocycles. The number of aldehydes is 1. The van der Waals surface area contributed by atoms with Crippen LogP contribution in [0.4, 0.5) is 0 Å². The number of aromatic carboxylic acids is 1. The molecule has 2 aromatic heterocycles. The Morgan fingerprint density at radius 1 is 1.50 bits per heavy atom. The SMILES string of the molecule is CC(C=O)=Cc1cc(C)n2ncc(C(=O)O)c2n1. The molecule has 0 saturated heterocycles. The fraction of sp³-hybridized carbons (Fsp3) is 0.167. The van der Waals surface area contributed by atoms with E-state index in [0.717, 1.165) is 12.0 Å². The molecule has 0 aliphatic heterocycles. The Bertz CT molecular complexity index is 671. The Hall–Kier alpha value is -2.50. The molecule has 0 amide bonds. The number of hydrogen-bond acceptors (Lipinski definition) is 4. The first kappa shape index (κ1) is 12.0. The largest absolute Gasteiger partial charge is 0.477 e. The first-order chi connectivity index (χ1) is 8.52. The molecule has 92 valence electrons. The third-order valence-electron chi connectivity index (χ3n) is 2.46. The summed E-state index contributed by atoms with van der Waals surface area (Å²) >= 11 is 0. The van der Waals surface area contributed by atoms with E-state index in [4.69, 9.17) is 5.11 Å². The number of allylic oxidation sites excluding steroid dienone is 1. The van der Waals surface area contributed by atoms with Crippen LogP contribution in [0.3, 0.4) is 0 Å². The van der Waals surface area contributed by atoms with Gasteiger partial charge in [-0.15, -0.1) is 0 Å². The summed E-state index contributed by atoms with van der Waals surface area (Å²) in [6, 6.07) is 1.73. The Morgan fingerprint density at radius 2 is 2.22 bits per heavy atom. The molecule has 2 heterocycles. The van der Waals surface area contributed by atoms with Crippen LogP contribution in [0, 0.1) is 6.92 Å². The summed E-state index contributed by atoms with van der Waals surface area (Å²) in [7, 11) is 0.